The van der Waals surface area contributed by atoms with Crippen molar-refractivity contribution in [1.29, 1.82) is 0 Å². The Balaban J connectivity index is 1.54. The predicted octanol–water partition coefficient (Wildman–Crippen LogP) is 2.45. The number of aliphatic imine (C=N–C) groups is 1. The Labute approximate surface area is 169 Å². The van der Waals surface area contributed by atoms with Crippen molar-refractivity contribution in [2.75, 3.05) is 38.8 Å². The molecule has 1 aromatic rings. The second-order valence-electron chi connectivity index (χ2n) is 8.48. The van der Waals surface area contributed by atoms with E-state index in [-0.39, 0.29) is 17.3 Å². The number of hydrogen-bond donors (Lipinski definition) is 2. The van der Waals surface area contributed by atoms with Crippen LogP contribution in [0.25, 0.3) is 0 Å². The number of hydrogen-bond acceptors (Lipinski definition) is 4. The highest BCUT2D eigenvalue weighted by atomic mass is 32.2. The normalized spacial score (nSPS) is 24.6. The molecular formula is C21H33N3O3S. The Bertz CT molecular complexity index is 786. The lowest BCUT2D eigenvalue weighted by Crippen LogP contribution is -2.44. The largest absolute Gasteiger partial charge is 0.373 e. The maximum atomic E-state index is 11.6. The molecule has 2 fully saturated rings. The number of guanidine groups is 1. The van der Waals surface area contributed by atoms with E-state index in [1.165, 1.54) is 17.4 Å². The van der Waals surface area contributed by atoms with E-state index in [1.807, 2.05) is 0 Å². The van der Waals surface area contributed by atoms with Crippen LogP contribution in [0, 0.1) is 18.3 Å². The van der Waals surface area contributed by atoms with E-state index in [0.717, 1.165) is 44.8 Å². The first-order valence-corrected chi connectivity index (χ1v) is 12.2. The minimum absolute atomic E-state index is 0.0972. The maximum Gasteiger partial charge on any atom is 0.191 e. The standard InChI is InChI=1S/C21H33N3O3S/c1-16-6-8-17(9-7-16)19-18(5-4-12-27-19)13-23-20(22-2)24-14-21(10-11-21)15-28(3,25)26/h6-9,18-19H,4-5,10-15H2,1-3H3,(H2,22,23,24). The molecule has 6 nitrogen and oxygen atoms in total. The van der Waals surface area contributed by atoms with Gasteiger partial charge in [0, 0.05) is 44.3 Å². The van der Waals surface area contributed by atoms with Crippen molar-refractivity contribution in [2.24, 2.45) is 16.3 Å². The van der Waals surface area contributed by atoms with E-state index in [2.05, 4.69) is 46.8 Å². The Kier molecular flexibility index (Phi) is 6.65. The molecule has 2 N–H and O–H groups in total. The van der Waals surface area contributed by atoms with Gasteiger partial charge in [-0.15, -0.1) is 0 Å². The summed E-state index contributed by atoms with van der Waals surface area (Å²) in [4.78, 5) is 4.31. The summed E-state index contributed by atoms with van der Waals surface area (Å²) in [6.45, 7) is 4.31. The van der Waals surface area contributed by atoms with Gasteiger partial charge in [-0.3, -0.25) is 4.99 Å². The lowest BCUT2D eigenvalue weighted by atomic mass is 9.89. The van der Waals surface area contributed by atoms with E-state index >= 15 is 0 Å². The topological polar surface area (TPSA) is 79.8 Å². The van der Waals surface area contributed by atoms with E-state index in [4.69, 9.17) is 4.74 Å². The van der Waals surface area contributed by atoms with E-state index in [9.17, 15) is 8.42 Å². The summed E-state index contributed by atoms with van der Waals surface area (Å²) in [6, 6.07) is 8.59. The Morgan fingerprint density at radius 1 is 1.25 bits per heavy atom. The van der Waals surface area contributed by atoms with Crippen molar-refractivity contribution >= 4 is 15.8 Å². The lowest BCUT2D eigenvalue weighted by molar-refractivity contribution is -0.0265. The Morgan fingerprint density at radius 3 is 2.57 bits per heavy atom. The third-order valence-electron chi connectivity index (χ3n) is 5.76. The number of nitrogens with zero attached hydrogens (tertiary/aromatic N) is 1. The van der Waals surface area contributed by atoms with Crippen LogP contribution in [0.5, 0.6) is 0 Å². The van der Waals surface area contributed by atoms with Crippen molar-refractivity contribution in [3.8, 4) is 0 Å². The third-order valence-corrected chi connectivity index (χ3v) is 6.90. The molecule has 0 aromatic heterocycles. The molecule has 1 aromatic carbocycles. The Hall–Kier alpha value is -1.60. The summed E-state index contributed by atoms with van der Waals surface area (Å²) in [7, 11) is -1.21. The van der Waals surface area contributed by atoms with E-state index < -0.39 is 9.84 Å². The fourth-order valence-electron chi connectivity index (χ4n) is 4.00. The number of nitrogens with one attached hydrogen (secondary N) is 2. The zero-order valence-corrected chi connectivity index (χ0v) is 18.0. The Morgan fingerprint density at radius 2 is 1.96 bits per heavy atom. The minimum Gasteiger partial charge on any atom is -0.373 e. The van der Waals surface area contributed by atoms with Crippen molar-refractivity contribution in [2.45, 2.75) is 38.7 Å². The highest BCUT2D eigenvalue weighted by molar-refractivity contribution is 7.90. The number of ether oxygens (including phenoxy) is 1. The van der Waals surface area contributed by atoms with Gasteiger partial charge in [0.2, 0.25) is 0 Å². The molecule has 2 unspecified atom stereocenters. The van der Waals surface area contributed by atoms with Crippen LogP contribution in [-0.4, -0.2) is 53.1 Å². The van der Waals surface area contributed by atoms with Crippen molar-refractivity contribution in [3.05, 3.63) is 35.4 Å². The van der Waals surface area contributed by atoms with E-state index in [1.54, 1.807) is 7.05 Å². The molecule has 0 radical (unpaired) electrons. The van der Waals surface area contributed by atoms with Crippen LogP contribution in [0.15, 0.2) is 29.3 Å². The molecule has 1 saturated heterocycles. The zero-order chi connectivity index (χ0) is 20.2. The fourth-order valence-corrected chi connectivity index (χ4v) is 5.50. The molecule has 0 bridgehead atoms. The average molecular weight is 408 g/mol. The average Bonchev–Trinajstić information content (AvgIpc) is 3.40. The van der Waals surface area contributed by atoms with Gasteiger partial charge >= 0.3 is 0 Å². The number of aryl methyl sites for hydroxylation is 1. The second kappa shape index (κ2) is 8.82. The van der Waals surface area contributed by atoms with Crippen LogP contribution in [0.3, 0.4) is 0 Å². The van der Waals surface area contributed by atoms with Crippen LogP contribution in [-0.2, 0) is 14.6 Å². The first-order chi connectivity index (χ1) is 13.3. The van der Waals surface area contributed by atoms with Gasteiger partial charge in [0.1, 0.15) is 9.84 Å². The summed E-state index contributed by atoms with van der Waals surface area (Å²) in [5, 5.41) is 6.75. The summed E-state index contributed by atoms with van der Waals surface area (Å²) in [5.74, 6) is 1.35. The van der Waals surface area contributed by atoms with Crippen LogP contribution in [0.2, 0.25) is 0 Å². The van der Waals surface area contributed by atoms with Crippen LogP contribution < -0.4 is 10.6 Å². The highest BCUT2D eigenvalue weighted by Gasteiger charge is 2.45. The van der Waals surface area contributed by atoms with Crippen molar-refractivity contribution in [1.82, 2.24) is 10.6 Å². The molecule has 1 heterocycles. The van der Waals surface area contributed by atoms with Gasteiger partial charge in [-0.25, -0.2) is 8.42 Å². The molecule has 1 saturated carbocycles. The van der Waals surface area contributed by atoms with Gasteiger partial charge in [0.15, 0.2) is 5.96 Å². The number of benzene rings is 1. The lowest BCUT2D eigenvalue weighted by Gasteiger charge is -2.33. The quantitative estimate of drug-likeness (QED) is 0.536. The smallest absolute Gasteiger partial charge is 0.191 e. The molecule has 2 atom stereocenters. The SMILES string of the molecule is CN=C(NCC1CCCOC1c1ccc(C)cc1)NCC1(CS(C)(=O)=O)CC1. The van der Waals surface area contributed by atoms with Gasteiger partial charge in [-0.2, -0.15) is 0 Å². The van der Waals surface area contributed by atoms with Gasteiger partial charge in [0.25, 0.3) is 0 Å². The molecule has 7 heteroatoms. The molecule has 28 heavy (non-hydrogen) atoms. The van der Waals surface area contributed by atoms with Crippen molar-refractivity contribution < 1.29 is 13.2 Å². The van der Waals surface area contributed by atoms with Gasteiger partial charge in [-0.05, 0) is 38.2 Å². The van der Waals surface area contributed by atoms with Crippen molar-refractivity contribution in [3.63, 3.8) is 0 Å². The van der Waals surface area contributed by atoms with Gasteiger partial charge < -0.3 is 15.4 Å². The second-order valence-corrected chi connectivity index (χ2v) is 10.6. The van der Waals surface area contributed by atoms with E-state index in [0.29, 0.717) is 12.5 Å². The number of rotatable bonds is 7. The maximum absolute atomic E-state index is 11.6. The summed E-state index contributed by atoms with van der Waals surface area (Å²) >= 11 is 0. The summed E-state index contributed by atoms with van der Waals surface area (Å²) in [5.41, 5.74) is 2.36. The van der Waals surface area contributed by atoms with Crippen LogP contribution in [0.4, 0.5) is 0 Å². The molecule has 0 amide bonds. The van der Waals surface area contributed by atoms with Gasteiger partial charge in [-0.1, -0.05) is 29.8 Å². The number of sulfone groups is 1. The molecule has 0 spiro atoms. The van der Waals surface area contributed by atoms with Crippen LogP contribution >= 0.6 is 0 Å². The molecular weight excluding hydrogens is 374 g/mol. The summed E-state index contributed by atoms with van der Waals surface area (Å²) < 4.78 is 29.4. The molecule has 2 aliphatic rings. The third kappa shape index (κ3) is 5.95. The molecule has 156 valence electrons. The first kappa shape index (κ1) is 21.1. The van der Waals surface area contributed by atoms with Crippen LogP contribution in [0.1, 0.15) is 42.9 Å². The zero-order valence-electron chi connectivity index (χ0n) is 17.2. The summed E-state index contributed by atoms with van der Waals surface area (Å²) in [6.07, 6.45) is 5.50. The molecule has 3 rings (SSSR count). The van der Waals surface area contributed by atoms with Gasteiger partial charge in [0.05, 0.1) is 11.9 Å². The molecule has 1 aliphatic carbocycles. The highest BCUT2D eigenvalue weighted by Crippen LogP contribution is 2.46. The predicted molar refractivity (Wildman–Crippen MR) is 113 cm³/mol. The monoisotopic (exact) mass is 407 g/mol. The fraction of sp³-hybridized carbons (Fsp3) is 0.667. The molecule has 1 aliphatic heterocycles. The minimum atomic E-state index is -2.96. The first-order valence-electron chi connectivity index (χ1n) is 10.1.